The molecule has 1 N–H and O–H groups in total. The van der Waals surface area contributed by atoms with Crippen LogP contribution in [0.4, 0.5) is 0 Å². The fraction of sp³-hybridized carbons (Fsp3) is 0.857. The zero-order valence-corrected chi connectivity index (χ0v) is 6.62. The fourth-order valence-corrected chi connectivity index (χ4v) is 0.426. The Hall–Kier alpha value is -0.530. The zero-order chi connectivity index (χ0) is 7.49. The van der Waals surface area contributed by atoms with Crippen LogP contribution in [-0.4, -0.2) is 12.5 Å². The first kappa shape index (κ1) is 8.47. The lowest BCUT2D eigenvalue weighted by molar-refractivity contribution is -0.128. The normalized spacial score (nSPS) is 11.1. The van der Waals surface area contributed by atoms with Crippen molar-refractivity contribution in [3.05, 3.63) is 0 Å². The van der Waals surface area contributed by atoms with Crippen molar-refractivity contribution >= 4 is 5.91 Å². The molecule has 0 bridgehead atoms. The van der Waals surface area contributed by atoms with Crippen molar-refractivity contribution in [1.29, 1.82) is 0 Å². The number of amides is 1. The van der Waals surface area contributed by atoms with Crippen molar-refractivity contribution in [2.24, 2.45) is 5.41 Å². The number of carbonyl (C=O) groups excluding carboxylic acids is 1. The molecular weight excluding hydrogens is 114 g/mol. The molecule has 0 spiro atoms. The van der Waals surface area contributed by atoms with Crippen LogP contribution in [0.5, 0.6) is 0 Å². The Morgan fingerprint density at radius 1 is 1.44 bits per heavy atom. The van der Waals surface area contributed by atoms with Crippen LogP contribution in [0.1, 0.15) is 27.7 Å². The summed E-state index contributed by atoms with van der Waals surface area (Å²) in [6.45, 7) is 8.34. The van der Waals surface area contributed by atoms with E-state index in [1.807, 2.05) is 27.7 Å². The highest BCUT2D eigenvalue weighted by molar-refractivity contribution is 5.81. The standard InChI is InChI=1S/C7H15NO/c1-5-8-6(9)7(2,3)4/h5H2,1-4H3,(H,8,9). The first-order valence-electron chi connectivity index (χ1n) is 3.26. The van der Waals surface area contributed by atoms with E-state index in [4.69, 9.17) is 0 Å². The van der Waals surface area contributed by atoms with E-state index in [0.717, 1.165) is 6.54 Å². The summed E-state index contributed by atoms with van der Waals surface area (Å²) in [6.07, 6.45) is 0. The fourth-order valence-electron chi connectivity index (χ4n) is 0.426. The van der Waals surface area contributed by atoms with Crippen LogP contribution in [0.3, 0.4) is 0 Å². The highest BCUT2D eigenvalue weighted by Crippen LogP contribution is 2.11. The number of rotatable bonds is 1. The second-order valence-corrected chi connectivity index (χ2v) is 3.11. The molecule has 0 rings (SSSR count). The van der Waals surface area contributed by atoms with E-state index in [9.17, 15) is 4.79 Å². The van der Waals surface area contributed by atoms with E-state index in [-0.39, 0.29) is 11.3 Å². The minimum Gasteiger partial charge on any atom is -0.356 e. The Bertz CT molecular complexity index is 102. The van der Waals surface area contributed by atoms with E-state index in [1.54, 1.807) is 0 Å². The molecule has 0 aromatic rings. The van der Waals surface area contributed by atoms with Crippen molar-refractivity contribution in [3.8, 4) is 0 Å². The molecular formula is C7H15NO. The van der Waals surface area contributed by atoms with E-state index < -0.39 is 0 Å². The van der Waals surface area contributed by atoms with Gasteiger partial charge in [-0.25, -0.2) is 0 Å². The van der Waals surface area contributed by atoms with Gasteiger partial charge in [0, 0.05) is 12.0 Å². The summed E-state index contributed by atoms with van der Waals surface area (Å²) in [5, 5.41) is 2.75. The first-order valence-corrected chi connectivity index (χ1v) is 3.26. The summed E-state index contributed by atoms with van der Waals surface area (Å²) < 4.78 is 0. The van der Waals surface area contributed by atoms with E-state index >= 15 is 0 Å². The van der Waals surface area contributed by atoms with Crippen molar-refractivity contribution < 1.29 is 4.79 Å². The van der Waals surface area contributed by atoms with Crippen LogP contribution in [0.15, 0.2) is 0 Å². The van der Waals surface area contributed by atoms with Crippen molar-refractivity contribution in [2.75, 3.05) is 6.54 Å². The van der Waals surface area contributed by atoms with Gasteiger partial charge >= 0.3 is 0 Å². The van der Waals surface area contributed by atoms with Crippen LogP contribution < -0.4 is 5.32 Å². The molecule has 54 valence electrons. The molecule has 0 aliphatic rings. The summed E-state index contributed by atoms with van der Waals surface area (Å²) in [7, 11) is 0. The third-order valence-corrected chi connectivity index (χ3v) is 1.02. The van der Waals surface area contributed by atoms with Gasteiger partial charge in [0.1, 0.15) is 0 Å². The van der Waals surface area contributed by atoms with Crippen molar-refractivity contribution in [2.45, 2.75) is 27.7 Å². The molecule has 9 heavy (non-hydrogen) atoms. The second-order valence-electron chi connectivity index (χ2n) is 3.11. The third kappa shape index (κ3) is 3.12. The van der Waals surface area contributed by atoms with Gasteiger partial charge in [-0.2, -0.15) is 0 Å². The molecule has 0 saturated heterocycles. The van der Waals surface area contributed by atoms with Gasteiger partial charge in [-0.1, -0.05) is 20.8 Å². The average molecular weight is 129 g/mol. The van der Waals surface area contributed by atoms with Crippen LogP contribution in [0, 0.1) is 5.41 Å². The minimum absolute atomic E-state index is 0.116. The van der Waals surface area contributed by atoms with E-state index in [0.29, 0.717) is 0 Å². The Morgan fingerprint density at radius 2 is 1.89 bits per heavy atom. The number of hydrogen-bond acceptors (Lipinski definition) is 1. The average Bonchev–Trinajstić information content (AvgIpc) is 1.64. The largest absolute Gasteiger partial charge is 0.356 e. The summed E-state index contributed by atoms with van der Waals surface area (Å²) >= 11 is 0. The summed E-state index contributed by atoms with van der Waals surface area (Å²) in [4.78, 5) is 11.0. The minimum atomic E-state index is -0.240. The lowest BCUT2D eigenvalue weighted by Crippen LogP contribution is -2.34. The molecule has 2 nitrogen and oxygen atoms in total. The smallest absolute Gasteiger partial charge is 0.225 e. The summed E-state index contributed by atoms with van der Waals surface area (Å²) in [5.41, 5.74) is -0.240. The number of hydrogen-bond donors (Lipinski definition) is 1. The van der Waals surface area contributed by atoms with Gasteiger partial charge in [-0.05, 0) is 6.92 Å². The lowest BCUT2D eigenvalue weighted by atomic mass is 9.96. The Kier molecular flexibility index (Phi) is 2.68. The molecule has 1 amide bonds. The molecule has 0 fully saturated rings. The lowest BCUT2D eigenvalue weighted by Gasteiger charge is -2.16. The monoisotopic (exact) mass is 129 g/mol. The van der Waals surface area contributed by atoms with Gasteiger partial charge in [-0.3, -0.25) is 4.79 Å². The molecule has 0 saturated carbocycles. The van der Waals surface area contributed by atoms with Gasteiger partial charge in [-0.15, -0.1) is 0 Å². The molecule has 0 atom stereocenters. The predicted octanol–water partition coefficient (Wildman–Crippen LogP) is 1.17. The molecule has 0 aliphatic carbocycles. The van der Waals surface area contributed by atoms with Gasteiger partial charge in [0.25, 0.3) is 0 Å². The van der Waals surface area contributed by atoms with Crippen LogP contribution >= 0.6 is 0 Å². The summed E-state index contributed by atoms with van der Waals surface area (Å²) in [5.74, 6) is 0.116. The number of carbonyl (C=O) groups is 1. The molecule has 0 aromatic heterocycles. The maximum absolute atomic E-state index is 11.0. The number of nitrogens with one attached hydrogen (secondary N) is 1. The SMILES string of the molecule is CCNC(=O)C(C)(C)C. The highest BCUT2D eigenvalue weighted by Gasteiger charge is 2.19. The zero-order valence-electron chi connectivity index (χ0n) is 6.62. The van der Waals surface area contributed by atoms with Gasteiger partial charge < -0.3 is 5.32 Å². The topological polar surface area (TPSA) is 29.1 Å². The van der Waals surface area contributed by atoms with E-state index in [1.165, 1.54) is 0 Å². The first-order chi connectivity index (χ1) is 3.98. The Labute approximate surface area is 56.6 Å². The molecule has 2 heteroatoms. The van der Waals surface area contributed by atoms with Crippen LogP contribution in [0.2, 0.25) is 0 Å². The quantitative estimate of drug-likeness (QED) is 0.565. The van der Waals surface area contributed by atoms with E-state index in [2.05, 4.69) is 5.32 Å². The molecule has 0 radical (unpaired) electrons. The van der Waals surface area contributed by atoms with Crippen LogP contribution in [0.25, 0.3) is 0 Å². The summed E-state index contributed by atoms with van der Waals surface area (Å²) in [6, 6.07) is 0. The maximum Gasteiger partial charge on any atom is 0.225 e. The molecule has 0 aromatic carbocycles. The molecule has 0 heterocycles. The third-order valence-electron chi connectivity index (χ3n) is 1.02. The second kappa shape index (κ2) is 2.85. The van der Waals surface area contributed by atoms with Crippen molar-refractivity contribution in [3.63, 3.8) is 0 Å². The predicted molar refractivity (Wildman–Crippen MR) is 38.1 cm³/mol. The molecule has 0 aliphatic heterocycles. The molecule has 0 unspecified atom stereocenters. The van der Waals surface area contributed by atoms with Gasteiger partial charge in [0.05, 0.1) is 0 Å². The van der Waals surface area contributed by atoms with Crippen LogP contribution in [-0.2, 0) is 4.79 Å². The van der Waals surface area contributed by atoms with Crippen molar-refractivity contribution in [1.82, 2.24) is 5.32 Å². The van der Waals surface area contributed by atoms with Gasteiger partial charge in [0.2, 0.25) is 5.91 Å². The maximum atomic E-state index is 11.0. The Morgan fingerprint density at radius 3 is 2.00 bits per heavy atom. The Balaban J connectivity index is 3.74. The highest BCUT2D eigenvalue weighted by atomic mass is 16.2. The van der Waals surface area contributed by atoms with Gasteiger partial charge in [0.15, 0.2) is 0 Å².